The van der Waals surface area contributed by atoms with Crippen molar-refractivity contribution in [1.82, 2.24) is 4.98 Å². The lowest BCUT2D eigenvalue weighted by atomic mass is 10.0. The van der Waals surface area contributed by atoms with Crippen molar-refractivity contribution in [2.24, 2.45) is 0 Å². The molecule has 100 valence electrons. The Kier molecular flexibility index (Phi) is 4.63. The second-order valence-electron chi connectivity index (χ2n) is 4.71. The fourth-order valence-corrected chi connectivity index (χ4v) is 2.34. The molecule has 2 rings (SSSR count). The van der Waals surface area contributed by atoms with Crippen LogP contribution >= 0.6 is 31.9 Å². The molecule has 1 aromatic carbocycles. The van der Waals surface area contributed by atoms with E-state index >= 15 is 0 Å². The first-order valence-electron chi connectivity index (χ1n) is 6.07. The number of ether oxygens (including phenoxy) is 1. The number of pyridine rings is 1. The molecule has 1 heterocycles. The quantitative estimate of drug-likeness (QED) is 0.663. The Labute approximate surface area is 130 Å². The van der Waals surface area contributed by atoms with E-state index in [1.807, 2.05) is 25.1 Å². The van der Waals surface area contributed by atoms with Gasteiger partial charge >= 0.3 is 0 Å². The number of aryl methyl sites for hydroxylation is 1. The molecule has 0 N–H and O–H groups in total. The Morgan fingerprint density at radius 3 is 2.53 bits per heavy atom. The Balaban J connectivity index is 2.35. The Bertz CT molecular complexity index is 597. The lowest BCUT2D eigenvalue weighted by Crippen LogP contribution is -1.96. The van der Waals surface area contributed by atoms with Gasteiger partial charge in [-0.05, 0) is 58.1 Å². The van der Waals surface area contributed by atoms with Crippen LogP contribution < -0.4 is 4.74 Å². The number of hydrogen-bond acceptors (Lipinski definition) is 2. The molecule has 0 amide bonds. The van der Waals surface area contributed by atoms with E-state index in [-0.39, 0.29) is 0 Å². The van der Waals surface area contributed by atoms with Crippen LogP contribution in [0.3, 0.4) is 0 Å². The predicted octanol–water partition coefficient (Wildman–Crippen LogP) is 5.83. The molecule has 0 unspecified atom stereocenters. The fraction of sp³-hybridized carbons (Fsp3) is 0.267. The third-order valence-corrected chi connectivity index (χ3v) is 4.15. The van der Waals surface area contributed by atoms with Gasteiger partial charge in [0.05, 0.1) is 0 Å². The minimum Gasteiger partial charge on any atom is -0.439 e. The highest BCUT2D eigenvalue weighted by Crippen LogP contribution is 2.32. The minimum atomic E-state index is 0.393. The summed E-state index contributed by atoms with van der Waals surface area (Å²) in [4.78, 5) is 4.28. The summed E-state index contributed by atoms with van der Waals surface area (Å²) in [7, 11) is 0. The zero-order valence-corrected chi connectivity index (χ0v) is 14.2. The molecule has 0 spiro atoms. The molecule has 19 heavy (non-hydrogen) atoms. The second-order valence-corrected chi connectivity index (χ2v) is 6.48. The van der Waals surface area contributed by atoms with Gasteiger partial charge in [0.15, 0.2) is 0 Å². The average Bonchev–Trinajstić information content (AvgIpc) is 2.36. The van der Waals surface area contributed by atoms with Crippen molar-refractivity contribution in [3.63, 3.8) is 0 Å². The van der Waals surface area contributed by atoms with Gasteiger partial charge in [0.1, 0.15) is 5.75 Å². The van der Waals surface area contributed by atoms with Crippen LogP contribution in [-0.2, 0) is 0 Å². The maximum absolute atomic E-state index is 5.91. The molecule has 0 saturated heterocycles. The van der Waals surface area contributed by atoms with Crippen molar-refractivity contribution >= 4 is 31.9 Å². The SMILES string of the molecule is Cc1cc(Oc2ccc(Br)cc2C(C)C)ncc1Br. The van der Waals surface area contributed by atoms with Crippen molar-refractivity contribution in [3.05, 3.63) is 50.5 Å². The van der Waals surface area contributed by atoms with Crippen LogP contribution in [0.25, 0.3) is 0 Å². The summed E-state index contributed by atoms with van der Waals surface area (Å²) in [5.41, 5.74) is 2.27. The van der Waals surface area contributed by atoms with E-state index in [2.05, 4.69) is 56.8 Å². The number of aromatic nitrogens is 1. The number of hydrogen-bond donors (Lipinski definition) is 0. The lowest BCUT2D eigenvalue weighted by Gasteiger charge is -2.14. The van der Waals surface area contributed by atoms with Gasteiger partial charge in [-0.1, -0.05) is 29.8 Å². The molecule has 1 aromatic heterocycles. The molecular formula is C15H15Br2NO. The summed E-state index contributed by atoms with van der Waals surface area (Å²) in [6, 6.07) is 7.97. The van der Waals surface area contributed by atoms with Gasteiger partial charge < -0.3 is 4.74 Å². The van der Waals surface area contributed by atoms with Crippen LogP contribution in [0.2, 0.25) is 0 Å². The largest absolute Gasteiger partial charge is 0.439 e. The first-order valence-corrected chi connectivity index (χ1v) is 7.65. The van der Waals surface area contributed by atoms with E-state index in [4.69, 9.17) is 4.74 Å². The van der Waals surface area contributed by atoms with E-state index in [1.165, 1.54) is 0 Å². The Hall–Kier alpha value is -0.870. The van der Waals surface area contributed by atoms with Crippen LogP contribution in [0.5, 0.6) is 11.6 Å². The molecule has 0 bridgehead atoms. The number of nitrogens with zero attached hydrogens (tertiary/aromatic N) is 1. The number of benzene rings is 1. The van der Waals surface area contributed by atoms with Crippen LogP contribution in [0.15, 0.2) is 39.4 Å². The molecule has 2 nitrogen and oxygen atoms in total. The van der Waals surface area contributed by atoms with Crippen LogP contribution in [0.1, 0.15) is 30.9 Å². The summed E-state index contributed by atoms with van der Waals surface area (Å²) in [5.74, 6) is 1.86. The third-order valence-electron chi connectivity index (χ3n) is 2.83. The summed E-state index contributed by atoms with van der Waals surface area (Å²) in [6.07, 6.45) is 1.76. The van der Waals surface area contributed by atoms with Gasteiger partial charge in [0.25, 0.3) is 0 Å². The van der Waals surface area contributed by atoms with Crippen molar-refractivity contribution < 1.29 is 4.74 Å². The van der Waals surface area contributed by atoms with Crippen LogP contribution in [-0.4, -0.2) is 4.98 Å². The molecule has 0 fully saturated rings. The van der Waals surface area contributed by atoms with E-state index in [9.17, 15) is 0 Å². The minimum absolute atomic E-state index is 0.393. The number of halogens is 2. The zero-order valence-electron chi connectivity index (χ0n) is 11.1. The Morgan fingerprint density at radius 1 is 1.16 bits per heavy atom. The third kappa shape index (κ3) is 3.57. The molecule has 0 aliphatic heterocycles. The first kappa shape index (κ1) is 14.5. The molecule has 2 aromatic rings. The van der Waals surface area contributed by atoms with Gasteiger partial charge in [-0.2, -0.15) is 0 Å². The molecule has 0 aliphatic rings. The van der Waals surface area contributed by atoms with Crippen molar-refractivity contribution in [3.8, 4) is 11.6 Å². The molecule has 0 atom stereocenters. The maximum Gasteiger partial charge on any atom is 0.219 e. The summed E-state index contributed by atoms with van der Waals surface area (Å²) in [6.45, 7) is 6.31. The van der Waals surface area contributed by atoms with E-state index < -0.39 is 0 Å². The highest BCUT2D eigenvalue weighted by Gasteiger charge is 2.10. The zero-order chi connectivity index (χ0) is 14.0. The van der Waals surface area contributed by atoms with Gasteiger partial charge in [0.2, 0.25) is 5.88 Å². The number of rotatable bonds is 3. The van der Waals surface area contributed by atoms with E-state index in [1.54, 1.807) is 6.20 Å². The highest BCUT2D eigenvalue weighted by molar-refractivity contribution is 9.10. The van der Waals surface area contributed by atoms with Gasteiger partial charge in [0, 0.05) is 21.2 Å². The van der Waals surface area contributed by atoms with E-state index in [0.717, 1.165) is 25.8 Å². The monoisotopic (exact) mass is 383 g/mol. The first-order chi connectivity index (χ1) is 8.97. The summed E-state index contributed by atoms with van der Waals surface area (Å²) >= 11 is 6.93. The van der Waals surface area contributed by atoms with Gasteiger partial charge in [-0.3, -0.25) is 0 Å². The standard InChI is InChI=1S/C15H15Br2NO/c1-9(2)12-7-11(16)4-5-14(12)19-15-6-10(3)13(17)8-18-15/h4-9H,1-3H3. The molecule has 0 radical (unpaired) electrons. The Morgan fingerprint density at radius 2 is 1.89 bits per heavy atom. The highest BCUT2D eigenvalue weighted by atomic mass is 79.9. The normalized spacial score (nSPS) is 10.8. The fourth-order valence-electron chi connectivity index (χ4n) is 1.75. The lowest BCUT2D eigenvalue weighted by molar-refractivity contribution is 0.453. The smallest absolute Gasteiger partial charge is 0.219 e. The second kappa shape index (κ2) is 6.06. The topological polar surface area (TPSA) is 22.1 Å². The molecular weight excluding hydrogens is 370 g/mol. The summed E-state index contributed by atoms with van der Waals surface area (Å²) < 4.78 is 7.95. The van der Waals surface area contributed by atoms with Crippen LogP contribution in [0.4, 0.5) is 0 Å². The molecule has 0 aliphatic carbocycles. The van der Waals surface area contributed by atoms with Gasteiger partial charge in [-0.25, -0.2) is 4.98 Å². The van der Waals surface area contributed by atoms with Crippen LogP contribution in [0, 0.1) is 6.92 Å². The molecule has 4 heteroatoms. The van der Waals surface area contributed by atoms with Gasteiger partial charge in [-0.15, -0.1) is 0 Å². The predicted molar refractivity (Wildman–Crippen MR) is 85.0 cm³/mol. The summed E-state index contributed by atoms with van der Waals surface area (Å²) in [5, 5.41) is 0. The van der Waals surface area contributed by atoms with E-state index in [0.29, 0.717) is 11.8 Å². The molecule has 0 saturated carbocycles. The maximum atomic E-state index is 5.91. The average molecular weight is 385 g/mol. The van der Waals surface area contributed by atoms with Crippen molar-refractivity contribution in [1.29, 1.82) is 0 Å². The van der Waals surface area contributed by atoms with Crippen molar-refractivity contribution in [2.75, 3.05) is 0 Å². The van der Waals surface area contributed by atoms with Crippen molar-refractivity contribution in [2.45, 2.75) is 26.7 Å².